The van der Waals surface area contributed by atoms with Gasteiger partial charge < -0.3 is 28.1 Å². The molecule has 3 aliphatic rings. The quantitative estimate of drug-likeness (QED) is 0.108. The summed E-state index contributed by atoms with van der Waals surface area (Å²) in [6.45, 7) is 21.8. The van der Waals surface area contributed by atoms with Crippen LogP contribution in [0.5, 0.6) is 11.5 Å². The summed E-state index contributed by atoms with van der Waals surface area (Å²) in [6.07, 6.45) is -1.22. The number of ether oxygens (including phenoxy) is 5. The number of benzene rings is 2. The van der Waals surface area contributed by atoms with Crippen LogP contribution in [0.4, 0.5) is 4.79 Å². The van der Waals surface area contributed by atoms with E-state index >= 15 is 0 Å². The van der Waals surface area contributed by atoms with E-state index in [1.165, 1.54) is 4.90 Å². The monoisotopic (exact) mass is 731 g/mol. The Bertz CT molecular complexity index is 1460. The van der Waals surface area contributed by atoms with Crippen molar-refractivity contribution in [2.75, 3.05) is 40.0 Å². The number of carbonyl (C=O) groups is 2. The Morgan fingerprint density at radius 1 is 0.939 bits per heavy atom. The fourth-order valence-electron chi connectivity index (χ4n) is 8.21. The Balaban J connectivity index is 1.67. The molecule has 0 spiro atoms. The molecule has 0 saturated carbocycles. The van der Waals surface area contributed by atoms with Gasteiger partial charge >= 0.3 is 6.09 Å². The maximum absolute atomic E-state index is 14.9. The van der Waals surface area contributed by atoms with Crippen molar-refractivity contribution in [3.8, 4) is 11.5 Å². The number of hydrogen-bond acceptors (Lipinski definition) is 8. The van der Waals surface area contributed by atoms with Crippen LogP contribution in [0.2, 0.25) is 47.3 Å². The number of rotatable bonds is 14. The van der Waals surface area contributed by atoms with Crippen LogP contribution in [0.3, 0.4) is 0 Å². The van der Waals surface area contributed by atoms with Gasteiger partial charge in [0.2, 0.25) is 12.7 Å². The maximum Gasteiger partial charge on any atom is 0.416 e. The third-order valence-electron chi connectivity index (χ3n) is 10.5. The molecule has 0 N–H and O–H groups in total. The van der Waals surface area contributed by atoms with Gasteiger partial charge in [-0.3, -0.25) is 4.79 Å². The predicted octanol–water partition coefficient (Wildman–Crippen LogP) is 8.99. The first-order valence-electron chi connectivity index (χ1n) is 17.7. The van der Waals surface area contributed by atoms with E-state index in [4.69, 9.17) is 39.7 Å². The lowest BCUT2D eigenvalue weighted by atomic mass is 9.64. The van der Waals surface area contributed by atoms with Crippen molar-refractivity contribution in [1.29, 1.82) is 0 Å². The first kappa shape index (κ1) is 37.8. The molecule has 1 aliphatic carbocycles. The van der Waals surface area contributed by atoms with E-state index in [0.29, 0.717) is 39.8 Å². The van der Waals surface area contributed by atoms with Crippen LogP contribution in [0.1, 0.15) is 70.3 Å². The van der Waals surface area contributed by atoms with Crippen molar-refractivity contribution >= 4 is 40.0 Å². The molecular formula is C37H54ClNO8Si2. The van der Waals surface area contributed by atoms with Crippen LogP contribution in [-0.2, 0) is 23.4 Å². The minimum atomic E-state index is -2.39. The van der Waals surface area contributed by atoms with Crippen molar-refractivity contribution in [1.82, 2.24) is 4.90 Å². The van der Waals surface area contributed by atoms with E-state index in [1.54, 1.807) is 0 Å². The molecule has 0 bridgehead atoms. The number of amides is 2. The van der Waals surface area contributed by atoms with Gasteiger partial charge in [-0.15, -0.1) is 0 Å². The van der Waals surface area contributed by atoms with E-state index in [2.05, 4.69) is 61.2 Å². The highest BCUT2D eigenvalue weighted by Crippen LogP contribution is 2.55. The van der Waals surface area contributed by atoms with Crippen LogP contribution in [0.15, 0.2) is 36.4 Å². The third kappa shape index (κ3) is 7.92. The summed E-state index contributed by atoms with van der Waals surface area (Å²) in [5.74, 6) is -0.737. The first-order valence-corrected chi connectivity index (χ1v) is 23.9. The zero-order valence-electron chi connectivity index (χ0n) is 30.5. The highest BCUT2D eigenvalue weighted by Gasteiger charge is 2.53. The van der Waals surface area contributed by atoms with Crippen molar-refractivity contribution in [2.45, 2.75) is 95.9 Å². The van der Waals surface area contributed by atoms with Crippen molar-refractivity contribution in [3.63, 3.8) is 0 Å². The molecule has 49 heavy (non-hydrogen) atoms. The Labute approximate surface area is 299 Å². The van der Waals surface area contributed by atoms with Crippen molar-refractivity contribution in [3.05, 3.63) is 58.1 Å². The standard InChI is InChI=1S/C37H54ClNO8Si2/c1-23(2)49(24(3)4,25(5)6)47-20-30-34(36(40)39-14-15-43-37(39)41)33(26-10-12-27(38)13-11-26)28-18-31-32(45-22-44-31)19-29(28)35(30)46-21-42-16-17-48(7,8)9/h10-13,18-19,23-25,30,33-35H,14-17,20-22H2,1-9H3. The largest absolute Gasteiger partial charge is 0.454 e. The Morgan fingerprint density at radius 3 is 2.10 bits per heavy atom. The fraction of sp³-hybridized carbons (Fsp3) is 0.622. The molecular weight excluding hydrogens is 678 g/mol. The second-order valence-electron chi connectivity index (χ2n) is 15.7. The number of fused-ring (bicyclic) bond motifs is 2. The molecule has 2 aromatic rings. The summed E-state index contributed by atoms with van der Waals surface area (Å²) in [5.41, 5.74) is 3.65. The van der Waals surface area contributed by atoms with Crippen LogP contribution in [0.25, 0.3) is 0 Å². The van der Waals surface area contributed by atoms with E-state index in [0.717, 1.165) is 22.7 Å². The van der Waals surface area contributed by atoms with Gasteiger partial charge in [-0.1, -0.05) is 84.9 Å². The first-order chi connectivity index (χ1) is 23.2. The van der Waals surface area contributed by atoms with E-state index in [1.807, 2.05) is 36.4 Å². The van der Waals surface area contributed by atoms with Gasteiger partial charge in [0.05, 0.1) is 18.6 Å². The molecule has 0 radical (unpaired) electrons. The van der Waals surface area contributed by atoms with Crippen molar-refractivity contribution in [2.24, 2.45) is 11.8 Å². The molecule has 2 aliphatic heterocycles. The number of nitrogens with zero attached hydrogens (tertiary/aromatic N) is 1. The molecule has 0 aromatic heterocycles. The van der Waals surface area contributed by atoms with Gasteiger partial charge in [0.15, 0.2) is 19.8 Å². The molecule has 4 unspecified atom stereocenters. The highest BCUT2D eigenvalue weighted by atomic mass is 35.5. The minimum Gasteiger partial charge on any atom is -0.454 e. The van der Waals surface area contributed by atoms with Crippen LogP contribution in [0, 0.1) is 11.8 Å². The van der Waals surface area contributed by atoms with Gasteiger partial charge in [-0.05, 0) is 63.6 Å². The summed E-state index contributed by atoms with van der Waals surface area (Å²) < 4.78 is 37.2. The molecule has 1 saturated heterocycles. The molecule has 12 heteroatoms. The Hall–Kier alpha value is -2.42. The number of halogens is 1. The second-order valence-corrected chi connectivity index (χ2v) is 27.2. The Kier molecular flexibility index (Phi) is 11.9. The lowest BCUT2D eigenvalue weighted by molar-refractivity contribution is -0.149. The summed E-state index contributed by atoms with van der Waals surface area (Å²) in [4.78, 5) is 29.1. The summed E-state index contributed by atoms with van der Waals surface area (Å²) >= 11 is 6.38. The van der Waals surface area contributed by atoms with Gasteiger partial charge in [0, 0.05) is 38.1 Å². The normalized spacial score (nSPS) is 22.3. The van der Waals surface area contributed by atoms with Crippen LogP contribution < -0.4 is 9.47 Å². The number of hydrogen-bond donors (Lipinski definition) is 0. The SMILES string of the molecule is CC(C)[Si](OCC1C(OCOCC[Si](C)(C)C)c2cc3c(cc2C(c2ccc(Cl)cc2)C1C(=O)N1CCOC1=O)OCO3)(C(C)C)C(C)C. The zero-order chi connectivity index (χ0) is 35.7. The molecule has 9 nitrogen and oxygen atoms in total. The minimum absolute atomic E-state index is 0.0545. The molecule has 2 aromatic carbocycles. The summed E-state index contributed by atoms with van der Waals surface area (Å²) in [5, 5.41) is 0.592. The average Bonchev–Trinajstić information content (AvgIpc) is 3.67. The van der Waals surface area contributed by atoms with Gasteiger partial charge in [0.1, 0.15) is 13.4 Å². The fourth-order valence-corrected chi connectivity index (χ4v) is 14.6. The molecule has 5 rings (SSSR count). The molecule has 4 atom stereocenters. The van der Waals surface area contributed by atoms with Gasteiger partial charge in [-0.2, -0.15) is 0 Å². The van der Waals surface area contributed by atoms with Gasteiger partial charge in [-0.25, -0.2) is 9.69 Å². The lowest BCUT2D eigenvalue weighted by Gasteiger charge is -2.47. The maximum atomic E-state index is 14.9. The number of imide groups is 1. The summed E-state index contributed by atoms with van der Waals surface area (Å²) in [6, 6.07) is 12.5. The number of carbonyl (C=O) groups excluding carboxylic acids is 2. The van der Waals surface area contributed by atoms with Crippen LogP contribution in [-0.4, -0.2) is 73.2 Å². The number of cyclic esters (lactones) is 1. The van der Waals surface area contributed by atoms with Crippen LogP contribution >= 0.6 is 11.6 Å². The van der Waals surface area contributed by atoms with Gasteiger partial charge in [0.25, 0.3) is 0 Å². The average molecular weight is 732 g/mol. The summed E-state index contributed by atoms with van der Waals surface area (Å²) in [7, 11) is -3.72. The molecule has 270 valence electrons. The molecule has 2 amide bonds. The second kappa shape index (κ2) is 15.4. The van der Waals surface area contributed by atoms with Crippen molar-refractivity contribution < 1.29 is 37.7 Å². The lowest BCUT2D eigenvalue weighted by Crippen LogP contribution is -2.52. The highest BCUT2D eigenvalue weighted by molar-refractivity contribution is 6.77. The van der Waals surface area contributed by atoms with E-state index < -0.39 is 46.3 Å². The topological polar surface area (TPSA) is 92.8 Å². The molecule has 1 fully saturated rings. The van der Waals surface area contributed by atoms with E-state index in [-0.39, 0.29) is 39.3 Å². The molecule has 2 heterocycles. The zero-order valence-corrected chi connectivity index (χ0v) is 33.3. The van der Waals surface area contributed by atoms with E-state index in [9.17, 15) is 9.59 Å². The third-order valence-corrected chi connectivity index (χ3v) is 18.6. The Morgan fingerprint density at radius 2 is 1.55 bits per heavy atom. The predicted molar refractivity (Wildman–Crippen MR) is 196 cm³/mol. The smallest absolute Gasteiger partial charge is 0.416 e.